The summed E-state index contributed by atoms with van der Waals surface area (Å²) in [6.45, 7) is 4.32. The first-order valence-corrected chi connectivity index (χ1v) is 6.05. The van der Waals surface area contributed by atoms with Crippen molar-refractivity contribution in [3.05, 3.63) is 33.1 Å². The Balaban J connectivity index is 2.57. The van der Waals surface area contributed by atoms with Crippen molar-refractivity contribution >= 4 is 0 Å². The van der Waals surface area contributed by atoms with Gasteiger partial charge in [0.1, 0.15) is 0 Å². The fraction of sp³-hybridized carbons (Fsp3) is 0.615. The predicted octanol–water partition coefficient (Wildman–Crippen LogP) is 1.27. The van der Waals surface area contributed by atoms with E-state index in [1.54, 1.807) is 19.4 Å². The number of nitriles is 1. The van der Waals surface area contributed by atoms with Crippen molar-refractivity contribution in [3.8, 4) is 6.07 Å². The molecule has 0 aliphatic heterocycles. The van der Waals surface area contributed by atoms with Crippen molar-refractivity contribution in [3.63, 3.8) is 0 Å². The maximum Gasteiger partial charge on any atom is 0.316 e. The first-order valence-electron chi connectivity index (χ1n) is 6.05. The lowest BCUT2D eigenvalue weighted by atomic mass is 9.89. The van der Waals surface area contributed by atoms with Gasteiger partial charge >= 0.3 is 11.1 Å². The monoisotopic (exact) mass is 249 g/mol. The summed E-state index contributed by atoms with van der Waals surface area (Å²) < 4.78 is 2.71. The normalized spacial score (nSPS) is 11.2. The van der Waals surface area contributed by atoms with Gasteiger partial charge in [-0.1, -0.05) is 6.42 Å². The number of hydrogen-bond acceptors (Lipinski definition) is 3. The molecule has 1 aromatic rings. The molecule has 1 heterocycles. The van der Waals surface area contributed by atoms with Crippen LogP contribution in [0.2, 0.25) is 0 Å². The molecule has 0 aromatic carbocycles. The molecule has 0 bridgehead atoms. The molecule has 1 rings (SSSR count). The predicted molar refractivity (Wildman–Crippen MR) is 69.2 cm³/mol. The minimum absolute atomic E-state index is 0.322. The van der Waals surface area contributed by atoms with Gasteiger partial charge < -0.3 is 9.13 Å². The van der Waals surface area contributed by atoms with Crippen LogP contribution in [-0.4, -0.2) is 9.13 Å². The average Bonchev–Trinajstić information content (AvgIpc) is 2.34. The summed E-state index contributed by atoms with van der Waals surface area (Å²) in [6, 6.07) is 2.25. The summed E-state index contributed by atoms with van der Waals surface area (Å²) in [4.78, 5) is 23.0. The molecular weight excluding hydrogens is 230 g/mol. The number of hydrogen-bond donors (Lipinski definition) is 0. The van der Waals surface area contributed by atoms with Gasteiger partial charge in [0.15, 0.2) is 0 Å². The summed E-state index contributed by atoms with van der Waals surface area (Å²) in [5.41, 5.74) is -1.31. The van der Waals surface area contributed by atoms with E-state index in [-0.39, 0.29) is 5.41 Å². The Kier molecular flexibility index (Phi) is 4.49. The standard InChI is InChI=1S/C13H19N3O2/c1-13(2,10-14)6-4-5-7-16-9-8-15(3)11(17)12(16)18/h8-9H,4-7H2,1-3H3. The van der Waals surface area contributed by atoms with E-state index in [1.807, 2.05) is 13.8 Å². The van der Waals surface area contributed by atoms with Gasteiger partial charge in [-0.25, -0.2) is 0 Å². The molecular formula is C13H19N3O2. The van der Waals surface area contributed by atoms with Crippen LogP contribution >= 0.6 is 0 Å². The van der Waals surface area contributed by atoms with Crippen molar-refractivity contribution < 1.29 is 0 Å². The molecule has 0 saturated carbocycles. The number of rotatable bonds is 5. The molecule has 5 heteroatoms. The smallest absolute Gasteiger partial charge is 0.312 e. The summed E-state index contributed by atoms with van der Waals surface area (Å²) in [7, 11) is 1.56. The second-order valence-electron chi connectivity index (χ2n) is 5.17. The minimum atomic E-state index is -0.505. The molecule has 0 spiro atoms. The van der Waals surface area contributed by atoms with Crippen molar-refractivity contribution in [1.29, 1.82) is 5.26 Å². The first kappa shape index (κ1) is 14.2. The largest absolute Gasteiger partial charge is 0.316 e. The third kappa shape index (κ3) is 3.59. The fourth-order valence-electron chi connectivity index (χ4n) is 1.67. The molecule has 18 heavy (non-hydrogen) atoms. The Morgan fingerprint density at radius 2 is 1.89 bits per heavy atom. The minimum Gasteiger partial charge on any atom is -0.312 e. The highest BCUT2D eigenvalue weighted by atomic mass is 16.2. The van der Waals surface area contributed by atoms with Crippen molar-refractivity contribution in [2.45, 2.75) is 39.7 Å². The molecule has 0 N–H and O–H groups in total. The molecule has 0 saturated heterocycles. The maximum absolute atomic E-state index is 11.6. The lowest BCUT2D eigenvalue weighted by Gasteiger charge is -2.14. The highest BCUT2D eigenvalue weighted by Crippen LogP contribution is 2.21. The van der Waals surface area contributed by atoms with Gasteiger partial charge in [-0.05, 0) is 26.7 Å². The molecule has 98 valence electrons. The van der Waals surface area contributed by atoms with E-state index < -0.39 is 11.1 Å². The Hall–Kier alpha value is -1.83. The molecule has 0 aliphatic rings. The van der Waals surface area contributed by atoms with E-state index in [1.165, 1.54) is 9.13 Å². The lowest BCUT2D eigenvalue weighted by molar-refractivity contribution is 0.414. The van der Waals surface area contributed by atoms with Crippen LogP contribution in [0, 0.1) is 16.7 Å². The van der Waals surface area contributed by atoms with Gasteiger partial charge in [0.25, 0.3) is 0 Å². The Labute approximate surface area is 106 Å². The van der Waals surface area contributed by atoms with Gasteiger partial charge in [0.05, 0.1) is 11.5 Å². The van der Waals surface area contributed by atoms with Gasteiger partial charge in [-0.3, -0.25) is 9.59 Å². The number of aryl methyl sites for hydroxylation is 2. The molecule has 5 nitrogen and oxygen atoms in total. The maximum atomic E-state index is 11.6. The zero-order chi connectivity index (χ0) is 13.8. The molecule has 1 aromatic heterocycles. The first-order chi connectivity index (χ1) is 8.37. The Morgan fingerprint density at radius 1 is 1.22 bits per heavy atom. The van der Waals surface area contributed by atoms with Gasteiger partial charge in [-0.15, -0.1) is 0 Å². The zero-order valence-electron chi connectivity index (χ0n) is 11.1. The molecule has 0 aliphatic carbocycles. The van der Waals surface area contributed by atoms with E-state index in [2.05, 4.69) is 6.07 Å². The molecule has 0 unspecified atom stereocenters. The van der Waals surface area contributed by atoms with Crippen LogP contribution in [0.4, 0.5) is 0 Å². The van der Waals surface area contributed by atoms with Gasteiger partial charge in [0.2, 0.25) is 0 Å². The summed E-state index contributed by atoms with van der Waals surface area (Å²) >= 11 is 0. The second-order valence-corrected chi connectivity index (χ2v) is 5.17. The zero-order valence-corrected chi connectivity index (χ0v) is 11.1. The van der Waals surface area contributed by atoms with Crippen LogP contribution < -0.4 is 11.1 Å². The molecule has 0 amide bonds. The fourth-order valence-corrected chi connectivity index (χ4v) is 1.67. The van der Waals surface area contributed by atoms with Crippen LogP contribution in [0.5, 0.6) is 0 Å². The van der Waals surface area contributed by atoms with Crippen molar-refractivity contribution in [2.75, 3.05) is 0 Å². The van der Waals surface area contributed by atoms with E-state index in [4.69, 9.17) is 5.26 Å². The topological polar surface area (TPSA) is 67.8 Å². The van der Waals surface area contributed by atoms with Gasteiger partial charge in [-0.2, -0.15) is 5.26 Å². The van der Waals surface area contributed by atoms with Crippen molar-refractivity contribution in [2.24, 2.45) is 12.5 Å². The van der Waals surface area contributed by atoms with Crippen LogP contribution in [0.3, 0.4) is 0 Å². The summed E-state index contributed by atoms with van der Waals surface area (Å²) in [6.07, 6.45) is 5.66. The van der Waals surface area contributed by atoms with Crippen molar-refractivity contribution in [1.82, 2.24) is 9.13 Å². The number of nitrogens with zero attached hydrogens (tertiary/aromatic N) is 3. The average molecular weight is 249 g/mol. The van der Waals surface area contributed by atoms with Crippen LogP contribution in [0.15, 0.2) is 22.0 Å². The molecule has 0 fully saturated rings. The quantitative estimate of drug-likeness (QED) is 0.583. The van der Waals surface area contributed by atoms with E-state index in [0.29, 0.717) is 6.54 Å². The Bertz CT molecular complexity index is 561. The van der Waals surface area contributed by atoms with Crippen LogP contribution in [-0.2, 0) is 13.6 Å². The SMILES string of the molecule is Cn1ccn(CCCCC(C)(C)C#N)c(=O)c1=O. The third-order valence-corrected chi connectivity index (χ3v) is 2.99. The van der Waals surface area contributed by atoms with E-state index >= 15 is 0 Å². The molecule has 0 atom stereocenters. The summed E-state index contributed by atoms with van der Waals surface area (Å²) in [5.74, 6) is 0. The highest BCUT2D eigenvalue weighted by molar-refractivity contribution is 4.91. The Morgan fingerprint density at radius 3 is 2.50 bits per heavy atom. The second kappa shape index (κ2) is 5.67. The number of unbranched alkanes of at least 4 members (excludes halogenated alkanes) is 1. The van der Waals surface area contributed by atoms with Gasteiger partial charge in [0, 0.05) is 26.0 Å². The molecule has 0 radical (unpaired) electrons. The number of aromatic nitrogens is 2. The summed E-state index contributed by atoms with van der Waals surface area (Å²) in [5, 5.41) is 8.87. The lowest BCUT2D eigenvalue weighted by Crippen LogP contribution is -2.39. The van der Waals surface area contributed by atoms with Crippen LogP contribution in [0.1, 0.15) is 33.1 Å². The van der Waals surface area contributed by atoms with E-state index in [9.17, 15) is 9.59 Å². The van der Waals surface area contributed by atoms with E-state index in [0.717, 1.165) is 19.3 Å². The third-order valence-electron chi connectivity index (χ3n) is 2.99. The highest BCUT2D eigenvalue weighted by Gasteiger charge is 2.15. The van der Waals surface area contributed by atoms with Crippen LogP contribution in [0.25, 0.3) is 0 Å².